The molecule has 6 heteroatoms. The molecule has 0 amide bonds. The van der Waals surface area contributed by atoms with Gasteiger partial charge in [0.2, 0.25) is 0 Å². The largest absolute Gasteiger partial charge is 0.493 e. The Labute approximate surface area is 161 Å². The summed E-state index contributed by atoms with van der Waals surface area (Å²) in [6.45, 7) is 2.68. The van der Waals surface area contributed by atoms with Crippen molar-refractivity contribution >= 4 is 5.69 Å². The van der Waals surface area contributed by atoms with Gasteiger partial charge in [-0.25, -0.2) is 0 Å². The molecule has 146 valence electrons. The Kier molecular flexibility index (Phi) is 5.96. The summed E-state index contributed by atoms with van der Waals surface area (Å²) in [4.78, 5) is 2.43. The average molecular weight is 372 g/mol. The van der Waals surface area contributed by atoms with Crippen molar-refractivity contribution in [2.24, 2.45) is 0 Å². The number of hydrogen-bond donors (Lipinski definition) is 1. The van der Waals surface area contributed by atoms with E-state index in [9.17, 15) is 0 Å². The molecule has 2 aromatic carbocycles. The zero-order valence-electron chi connectivity index (χ0n) is 16.7. The molecule has 1 heterocycles. The minimum atomic E-state index is 0.728. The molecule has 0 saturated carbocycles. The van der Waals surface area contributed by atoms with Gasteiger partial charge >= 0.3 is 0 Å². The summed E-state index contributed by atoms with van der Waals surface area (Å²) in [7, 11) is 8.59. The highest BCUT2D eigenvalue weighted by Gasteiger charge is 2.21. The molecule has 6 nitrogen and oxygen atoms in total. The predicted molar refractivity (Wildman–Crippen MR) is 106 cm³/mol. The summed E-state index contributed by atoms with van der Waals surface area (Å²) in [5.41, 5.74) is 4.83. The summed E-state index contributed by atoms with van der Waals surface area (Å²) >= 11 is 0. The quantitative estimate of drug-likeness (QED) is 0.805. The number of methoxy groups -OCH3 is 4. The van der Waals surface area contributed by atoms with Gasteiger partial charge in [-0.15, -0.1) is 0 Å². The molecule has 0 unspecified atom stereocenters. The van der Waals surface area contributed by atoms with Crippen molar-refractivity contribution in [3.05, 3.63) is 41.0 Å². The van der Waals surface area contributed by atoms with E-state index < -0.39 is 0 Å². The van der Waals surface area contributed by atoms with Crippen molar-refractivity contribution in [2.45, 2.75) is 19.5 Å². The van der Waals surface area contributed by atoms with Gasteiger partial charge < -0.3 is 24.3 Å². The second kappa shape index (κ2) is 8.39. The Hall–Kier alpha value is -2.60. The number of anilines is 1. The molecular weight excluding hydrogens is 344 g/mol. The lowest BCUT2D eigenvalue weighted by atomic mass is 9.98. The van der Waals surface area contributed by atoms with E-state index in [2.05, 4.69) is 28.4 Å². The van der Waals surface area contributed by atoms with E-state index in [1.807, 2.05) is 13.1 Å². The Morgan fingerprint density at radius 2 is 1.37 bits per heavy atom. The van der Waals surface area contributed by atoms with E-state index in [4.69, 9.17) is 18.9 Å². The standard InChI is InChI=1S/C21H28N2O4/c1-22-17-11-21(27-5)20(26-4)10-16(17)13-23-7-6-14-8-18(24-2)19(25-3)9-15(14)12-23/h8-11,22H,6-7,12-13H2,1-5H3. The Balaban J connectivity index is 1.84. The van der Waals surface area contributed by atoms with Gasteiger partial charge in [-0.3, -0.25) is 4.90 Å². The Morgan fingerprint density at radius 1 is 0.815 bits per heavy atom. The van der Waals surface area contributed by atoms with Crippen LogP contribution < -0.4 is 24.3 Å². The lowest BCUT2D eigenvalue weighted by Crippen LogP contribution is -2.30. The maximum Gasteiger partial charge on any atom is 0.162 e. The number of rotatable bonds is 7. The third-order valence-electron chi connectivity index (χ3n) is 5.07. The molecule has 2 aromatic rings. The van der Waals surface area contributed by atoms with Crippen LogP contribution in [0.5, 0.6) is 23.0 Å². The number of nitrogens with zero attached hydrogens (tertiary/aromatic N) is 1. The number of ether oxygens (including phenoxy) is 4. The number of benzene rings is 2. The summed E-state index contributed by atoms with van der Waals surface area (Å²) in [6, 6.07) is 8.23. The monoisotopic (exact) mass is 372 g/mol. The fourth-order valence-electron chi connectivity index (χ4n) is 3.60. The third-order valence-corrected chi connectivity index (χ3v) is 5.07. The first-order valence-electron chi connectivity index (χ1n) is 9.02. The Bertz CT molecular complexity index is 807. The van der Waals surface area contributed by atoms with Crippen LogP contribution in [0, 0.1) is 0 Å². The first-order valence-corrected chi connectivity index (χ1v) is 9.02. The van der Waals surface area contributed by atoms with Gasteiger partial charge in [-0.1, -0.05) is 0 Å². The van der Waals surface area contributed by atoms with Crippen LogP contribution >= 0.6 is 0 Å². The maximum atomic E-state index is 5.48. The normalized spacial score (nSPS) is 13.7. The maximum absolute atomic E-state index is 5.48. The predicted octanol–water partition coefficient (Wildman–Crippen LogP) is 3.32. The molecule has 0 radical (unpaired) electrons. The molecule has 3 rings (SSSR count). The lowest BCUT2D eigenvalue weighted by molar-refractivity contribution is 0.244. The van der Waals surface area contributed by atoms with Crippen LogP contribution in [-0.4, -0.2) is 46.9 Å². The minimum Gasteiger partial charge on any atom is -0.493 e. The molecule has 0 fully saturated rings. The van der Waals surface area contributed by atoms with E-state index in [0.29, 0.717) is 0 Å². The van der Waals surface area contributed by atoms with Crippen molar-refractivity contribution in [3.63, 3.8) is 0 Å². The second-order valence-electron chi connectivity index (χ2n) is 6.55. The molecule has 0 aromatic heterocycles. The van der Waals surface area contributed by atoms with Crippen LogP contribution in [-0.2, 0) is 19.5 Å². The molecule has 0 saturated heterocycles. The first-order chi connectivity index (χ1) is 13.1. The van der Waals surface area contributed by atoms with Crippen molar-refractivity contribution < 1.29 is 18.9 Å². The molecule has 0 atom stereocenters. The lowest BCUT2D eigenvalue weighted by Gasteiger charge is -2.30. The molecule has 0 aliphatic carbocycles. The molecular formula is C21H28N2O4. The smallest absolute Gasteiger partial charge is 0.162 e. The molecule has 1 aliphatic heterocycles. The first kappa shape index (κ1) is 19.2. The van der Waals surface area contributed by atoms with E-state index >= 15 is 0 Å². The average Bonchev–Trinajstić information content (AvgIpc) is 2.72. The fraction of sp³-hybridized carbons (Fsp3) is 0.429. The fourth-order valence-corrected chi connectivity index (χ4v) is 3.60. The molecule has 0 bridgehead atoms. The Morgan fingerprint density at radius 3 is 1.96 bits per heavy atom. The van der Waals surface area contributed by atoms with Crippen molar-refractivity contribution in [1.82, 2.24) is 4.90 Å². The second-order valence-corrected chi connectivity index (χ2v) is 6.55. The van der Waals surface area contributed by atoms with Crippen molar-refractivity contribution in [2.75, 3.05) is 47.3 Å². The van der Waals surface area contributed by atoms with Crippen LogP contribution in [0.4, 0.5) is 5.69 Å². The summed E-state index contributed by atoms with van der Waals surface area (Å²) < 4.78 is 21.8. The van der Waals surface area contributed by atoms with E-state index in [1.165, 1.54) is 16.7 Å². The zero-order valence-corrected chi connectivity index (χ0v) is 16.7. The number of nitrogens with one attached hydrogen (secondary N) is 1. The molecule has 27 heavy (non-hydrogen) atoms. The van der Waals surface area contributed by atoms with E-state index in [1.54, 1.807) is 28.4 Å². The highest BCUT2D eigenvalue weighted by Crippen LogP contribution is 2.36. The van der Waals surface area contributed by atoms with Gasteiger partial charge in [-0.05, 0) is 41.3 Å². The summed E-state index contributed by atoms with van der Waals surface area (Å²) in [5.74, 6) is 3.05. The van der Waals surface area contributed by atoms with Crippen molar-refractivity contribution in [3.8, 4) is 23.0 Å². The van der Waals surface area contributed by atoms with Crippen LogP contribution in [0.25, 0.3) is 0 Å². The highest BCUT2D eigenvalue weighted by atomic mass is 16.5. The molecule has 1 aliphatic rings. The molecule has 0 spiro atoms. The summed E-state index contributed by atoms with van der Waals surface area (Å²) in [5, 5.41) is 3.26. The summed E-state index contributed by atoms with van der Waals surface area (Å²) in [6.07, 6.45) is 0.984. The van der Waals surface area contributed by atoms with Gasteiger partial charge in [0.15, 0.2) is 23.0 Å². The van der Waals surface area contributed by atoms with Crippen molar-refractivity contribution in [1.29, 1.82) is 0 Å². The van der Waals surface area contributed by atoms with Crippen LogP contribution in [0.1, 0.15) is 16.7 Å². The molecule has 1 N–H and O–H groups in total. The number of fused-ring (bicyclic) bond motifs is 1. The van der Waals surface area contributed by atoms with Crippen LogP contribution in [0.3, 0.4) is 0 Å². The topological polar surface area (TPSA) is 52.2 Å². The number of hydrogen-bond acceptors (Lipinski definition) is 6. The van der Waals surface area contributed by atoms with Gasteiger partial charge in [0.25, 0.3) is 0 Å². The minimum absolute atomic E-state index is 0.728. The van der Waals surface area contributed by atoms with Crippen LogP contribution in [0.2, 0.25) is 0 Å². The third kappa shape index (κ3) is 3.90. The van der Waals surface area contributed by atoms with Crippen LogP contribution in [0.15, 0.2) is 24.3 Å². The van der Waals surface area contributed by atoms with E-state index in [0.717, 1.165) is 54.7 Å². The van der Waals surface area contributed by atoms with Gasteiger partial charge in [-0.2, -0.15) is 0 Å². The van der Waals surface area contributed by atoms with Gasteiger partial charge in [0.1, 0.15) is 0 Å². The highest BCUT2D eigenvalue weighted by molar-refractivity contribution is 5.60. The SMILES string of the molecule is CNc1cc(OC)c(OC)cc1CN1CCc2cc(OC)c(OC)cc2C1. The van der Waals surface area contributed by atoms with E-state index in [-0.39, 0.29) is 0 Å². The van der Waals surface area contributed by atoms with Gasteiger partial charge in [0, 0.05) is 38.4 Å². The van der Waals surface area contributed by atoms with Gasteiger partial charge in [0.05, 0.1) is 28.4 Å². The zero-order chi connectivity index (χ0) is 19.4.